The lowest BCUT2D eigenvalue weighted by Gasteiger charge is -2.24. The third kappa shape index (κ3) is 4.71. The van der Waals surface area contributed by atoms with Crippen LogP contribution in [-0.4, -0.2) is 30.1 Å². The highest BCUT2D eigenvalue weighted by Gasteiger charge is 2.35. The van der Waals surface area contributed by atoms with E-state index in [1.54, 1.807) is 6.08 Å². The molecule has 0 bridgehead atoms. The molecule has 31 heavy (non-hydrogen) atoms. The summed E-state index contributed by atoms with van der Waals surface area (Å²) in [7, 11) is 1.30. The number of carboxylic acids is 1. The minimum absolute atomic E-state index is 0.300. The summed E-state index contributed by atoms with van der Waals surface area (Å²) in [6, 6.07) is 7.99. The zero-order valence-electron chi connectivity index (χ0n) is 18.1. The number of hydrogen-bond donors (Lipinski definition) is 2. The summed E-state index contributed by atoms with van der Waals surface area (Å²) < 4.78 is 5.01. The molecule has 6 nitrogen and oxygen atoms in total. The first-order valence-corrected chi connectivity index (χ1v) is 11.1. The molecule has 0 radical (unpaired) electrons. The van der Waals surface area contributed by atoms with E-state index in [0.717, 1.165) is 16.0 Å². The normalized spacial score (nSPS) is 18.1. The van der Waals surface area contributed by atoms with Crippen molar-refractivity contribution >= 4 is 34.2 Å². The number of nitrogens with one attached hydrogen (secondary N) is 1. The number of thiophene rings is 1. The molecular weight excluding hydrogens is 414 g/mol. The van der Waals surface area contributed by atoms with E-state index in [9.17, 15) is 19.5 Å². The van der Waals surface area contributed by atoms with Crippen LogP contribution in [0, 0.1) is 18.8 Å². The molecule has 1 aromatic heterocycles. The Morgan fingerprint density at radius 1 is 1.10 bits per heavy atom. The number of methoxy groups -OCH3 is 1. The van der Waals surface area contributed by atoms with Crippen LogP contribution < -0.4 is 5.32 Å². The molecule has 1 aliphatic rings. The van der Waals surface area contributed by atoms with Crippen LogP contribution in [0.3, 0.4) is 0 Å². The van der Waals surface area contributed by atoms with E-state index in [-0.39, 0.29) is 0 Å². The van der Waals surface area contributed by atoms with Gasteiger partial charge in [0.15, 0.2) is 0 Å². The van der Waals surface area contributed by atoms with Gasteiger partial charge in [-0.15, -0.1) is 11.3 Å². The number of allylic oxidation sites excluding steroid dienone is 2. The molecule has 2 unspecified atom stereocenters. The number of carboxylic acid groups (broad SMARTS) is 1. The van der Waals surface area contributed by atoms with Crippen molar-refractivity contribution in [2.45, 2.75) is 39.5 Å². The van der Waals surface area contributed by atoms with Crippen molar-refractivity contribution in [1.82, 2.24) is 0 Å². The van der Waals surface area contributed by atoms with E-state index in [2.05, 4.69) is 19.2 Å². The Balaban J connectivity index is 1.98. The number of carbonyl (C=O) groups is 3. The summed E-state index contributed by atoms with van der Waals surface area (Å²) in [6.45, 7) is 6.12. The maximum absolute atomic E-state index is 13.0. The SMILES string of the molecule is COC(=O)c1c(NC(=O)C2CC=CCC2C(=O)O)sc(C)c1-c1ccc(C(C)C)cc1. The van der Waals surface area contributed by atoms with Gasteiger partial charge in [-0.2, -0.15) is 0 Å². The van der Waals surface area contributed by atoms with Gasteiger partial charge < -0.3 is 15.2 Å². The van der Waals surface area contributed by atoms with Gasteiger partial charge in [-0.25, -0.2) is 4.79 Å². The van der Waals surface area contributed by atoms with Gasteiger partial charge in [0.25, 0.3) is 0 Å². The quantitative estimate of drug-likeness (QED) is 0.472. The Bertz CT molecular complexity index is 1020. The lowest BCUT2D eigenvalue weighted by molar-refractivity contribution is -0.146. The third-order valence-corrected chi connectivity index (χ3v) is 6.68. The lowest BCUT2D eigenvalue weighted by Crippen LogP contribution is -2.34. The van der Waals surface area contributed by atoms with E-state index < -0.39 is 29.7 Å². The highest BCUT2D eigenvalue weighted by Crippen LogP contribution is 2.41. The monoisotopic (exact) mass is 441 g/mol. The summed E-state index contributed by atoms with van der Waals surface area (Å²) in [5.41, 5.74) is 3.08. The molecule has 0 saturated carbocycles. The van der Waals surface area contributed by atoms with Crippen LogP contribution in [0.25, 0.3) is 11.1 Å². The van der Waals surface area contributed by atoms with Crippen LogP contribution in [0.1, 0.15) is 53.4 Å². The smallest absolute Gasteiger partial charge is 0.341 e. The zero-order chi connectivity index (χ0) is 22.7. The number of esters is 1. The highest BCUT2D eigenvalue weighted by atomic mass is 32.1. The van der Waals surface area contributed by atoms with E-state index >= 15 is 0 Å². The number of amides is 1. The molecule has 0 aliphatic heterocycles. The first-order chi connectivity index (χ1) is 14.7. The topological polar surface area (TPSA) is 92.7 Å². The van der Waals surface area contributed by atoms with Crippen LogP contribution in [0.4, 0.5) is 5.00 Å². The summed E-state index contributed by atoms with van der Waals surface area (Å²) in [6.07, 6.45) is 4.28. The molecule has 1 heterocycles. The third-order valence-electron chi connectivity index (χ3n) is 5.66. The minimum Gasteiger partial charge on any atom is -0.481 e. The van der Waals surface area contributed by atoms with Gasteiger partial charge in [0.1, 0.15) is 10.6 Å². The number of ether oxygens (including phenoxy) is 1. The Labute approximate surface area is 185 Å². The molecule has 1 aliphatic carbocycles. The molecule has 1 amide bonds. The van der Waals surface area contributed by atoms with Crippen molar-refractivity contribution in [3.63, 3.8) is 0 Å². The standard InChI is InChI=1S/C24H27NO5S/c1-13(2)15-9-11-16(12-10-15)19-14(3)31-22(20(19)24(29)30-4)25-21(26)17-7-5-6-8-18(17)23(27)28/h5-6,9-13,17-18H,7-8H2,1-4H3,(H,25,26)(H,27,28). The Hall–Kier alpha value is -2.93. The Morgan fingerprint density at radius 3 is 2.26 bits per heavy atom. The first kappa shape index (κ1) is 22.7. The molecule has 164 valence electrons. The van der Waals surface area contributed by atoms with Crippen molar-refractivity contribution < 1.29 is 24.2 Å². The zero-order valence-corrected chi connectivity index (χ0v) is 18.9. The molecule has 0 fully saturated rings. The number of benzene rings is 1. The molecular formula is C24H27NO5S. The van der Waals surface area contributed by atoms with Gasteiger partial charge in [-0.05, 0) is 36.8 Å². The second-order valence-electron chi connectivity index (χ2n) is 7.99. The van der Waals surface area contributed by atoms with Gasteiger partial charge in [0.2, 0.25) is 5.91 Å². The van der Waals surface area contributed by atoms with Gasteiger partial charge >= 0.3 is 11.9 Å². The van der Waals surface area contributed by atoms with E-state index in [0.29, 0.717) is 29.3 Å². The number of aryl methyl sites for hydroxylation is 1. The highest BCUT2D eigenvalue weighted by molar-refractivity contribution is 7.17. The van der Waals surface area contributed by atoms with E-state index in [1.807, 2.05) is 37.3 Å². The molecule has 2 N–H and O–H groups in total. The minimum atomic E-state index is -0.994. The molecule has 7 heteroatoms. The van der Waals surface area contributed by atoms with E-state index in [1.165, 1.54) is 24.0 Å². The summed E-state index contributed by atoms with van der Waals surface area (Å²) in [5.74, 6) is -3.02. The molecule has 2 aromatic rings. The predicted molar refractivity (Wildman–Crippen MR) is 122 cm³/mol. The van der Waals surface area contributed by atoms with Crippen LogP contribution in [0.5, 0.6) is 0 Å². The average molecular weight is 442 g/mol. The molecule has 0 spiro atoms. The van der Waals surface area contributed by atoms with Gasteiger partial charge in [-0.1, -0.05) is 50.3 Å². The average Bonchev–Trinajstić information content (AvgIpc) is 3.08. The summed E-state index contributed by atoms with van der Waals surface area (Å²) >= 11 is 1.29. The number of carbonyl (C=O) groups excluding carboxylic acids is 2. The van der Waals surface area contributed by atoms with Crippen molar-refractivity contribution in [1.29, 1.82) is 0 Å². The summed E-state index contributed by atoms with van der Waals surface area (Å²) in [5, 5.41) is 12.7. The lowest BCUT2D eigenvalue weighted by atomic mass is 9.82. The molecule has 0 saturated heterocycles. The van der Waals surface area contributed by atoms with Crippen molar-refractivity contribution in [2.75, 3.05) is 12.4 Å². The fourth-order valence-corrected chi connectivity index (χ4v) is 4.96. The molecule has 1 aromatic carbocycles. The largest absolute Gasteiger partial charge is 0.481 e. The van der Waals surface area contributed by atoms with Crippen molar-refractivity contribution in [3.8, 4) is 11.1 Å². The number of hydrogen-bond acceptors (Lipinski definition) is 5. The summed E-state index contributed by atoms with van der Waals surface area (Å²) in [4.78, 5) is 38.1. The number of rotatable bonds is 6. The number of anilines is 1. The fourth-order valence-electron chi connectivity index (χ4n) is 3.89. The Morgan fingerprint density at radius 2 is 1.71 bits per heavy atom. The molecule has 2 atom stereocenters. The van der Waals surface area contributed by atoms with Gasteiger partial charge in [0, 0.05) is 10.4 Å². The van der Waals surface area contributed by atoms with Crippen LogP contribution in [0.2, 0.25) is 0 Å². The van der Waals surface area contributed by atoms with Crippen molar-refractivity contribution in [2.24, 2.45) is 11.8 Å². The first-order valence-electron chi connectivity index (χ1n) is 10.2. The Kier molecular flexibility index (Phi) is 6.95. The second-order valence-corrected chi connectivity index (χ2v) is 9.21. The van der Waals surface area contributed by atoms with Gasteiger partial charge in [-0.3, -0.25) is 9.59 Å². The number of aliphatic carboxylic acids is 1. The van der Waals surface area contributed by atoms with Crippen molar-refractivity contribution in [3.05, 3.63) is 52.4 Å². The van der Waals surface area contributed by atoms with Gasteiger partial charge in [0.05, 0.1) is 18.9 Å². The maximum Gasteiger partial charge on any atom is 0.341 e. The maximum atomic E-state index is 13.0. The predicted octanol–water partition coefficient (Wildman–Crippen LogP) is 5.24. The van der Waals surface area contributed by atoms with E-state index in [4.69, 9.17) is 4.74 Å². The second kappa shape index (κ2) is 9.47. The van der Waals surface area contributed by atoms with Crippen LogP contribution in [-0.2, 0) is 14.3 Å². The van der Waals surface area contributed by atoms with Crippen LogP contribution >= 0.6 is 11.3 Å². The van der Waals surface area contributed by atoms with Crippen LogP contribution in [0.15, 0.2) is 36.4 Å². The fraction of sp³-hybridized carbons (Fsp3) is 0.375. The molecule has 3 rings (SSSR count).